The first-order valence-electron chi connectivity index (χ1n) is 8.40. The van der Waals surface area contributed by atoms with Gasteiger partial charge in [-0.05, 0) is 19.1 Å². The van der Waals surface area contributed by atoms with Gasteiger partial charge in [-0.25, -0.2) is 4.98 Å². The second kappa shape index (κ2) is 7.29. The molecule has 0 bridgehead atoms. The van der Waals surface area contributed by atoms with Gasteiger partial charge in [0.25, 0.3) is 5.56 Å². The largest absolute Gasteiger partial charge is 0.496 e. The van der Waals surface area contributed by atoms with Crippen molar-refractivity contribution in [3.8, 4) is 16.9 Å². The van der Waals surface area contributed by atoms with Crippen LogP contribution in [0.2, 0.25) is 0 Å². The highest BCUT2D eigenvalue weighted by molar-refractivity contribution is 7.17. The summed E-state index contributed by atoms with van der Waals surface area (Å²) in [6, 6.07) is 5.87. The molecule has 3 rings (SSSR count). The number of aryl methyl sites for hydroxylation is 2. The molecule has 2 heterocycles. The molecule has 3 aromatic rings. The highest BCUT2D eigenvalue weighted by Gasteiger charge is 2.19. The predicted molar refractivity (Wildman–Crippen MR) is 104 cm³/mol. The van der Waals surface area contributed by atoms with Crippen molar-refractivity contribution in [2.75, 3.05) is 7.11 Å². The van der Waals surface area contributed by atoms with E-state index in [4.69, 9.17) is 10.5 Å². The summed E-state index contributed by atoms with van der Waals surface area (Å²) in [6.07, 6.45) is 0.707. The van der Waals surface area contributed by atoms with Crippen LogP contribution in [-0.4, -0.2) is 22.6 Å². The summed E-state index contributed by atoms with van der Waals surface area (Å²) in [4.78, 5) is 29.7. The summed E-state index contributed by atoms with van der Waals surface area (Å²) in [5.41, 5.74) is 7.86. The quantitative estimate of drug-likeness (QED) is 0.722. The summed E-state index contributed by atoms with van der Waals surface area (Å²) >= 11 is 1.44. The van der Waals surface area contributed by atoms with E-state index in [0.717, 1.165) is 16.7 Å². The lowest BCUT2D eigenvalue weighted by molar-refractivity contribution is -0.118. The Hall–Kier alpha value is -2.67. The lowest BCUT2D eigenvalue weighted by Gasteiger charge is -2.12. The normalized spacial score (nSPS) is 11.0. The summed E-state index contributed by atoms with van der Waals surface area (Å²) < 4.78 is 7.04. The van der Waals surface area contributed by atoms with Crippen LogP contribution in [0.3, 0.4) is 0 Å². The van der Waals surface area contributed by atoms with Crippen molar-refractivity contribution < 1.29 is 9.53 Å². The lowest BCUT2D eigenvalue weighted by Crippen LogP contribution is -2.27. The van der Waals surface area contributed by atoms with Gasteiger partial charge in [-0.15, -0.1) is 11.3 Å². The van der Waals surface area contributed by atoms with Gasteiger partial charge in [0.1, 0.15) is 16.4 Å². The molecule has 0 aliphatic heterocycles. The molecule has 0 radical (unpaired) electrons. The van der Waals surface area contributed by atoms with Crippen LogP contribution in [-0.2, 0) is 17.8 Å². The molecule has 0 spiro atoms. The minimum Gasteiger partial charge on any atom is -0.496 e. The van der Waals surface area contributed by atoms with E-state index in [1.165, 1.54) is 11.3 Å². The first kappa shape index (κ1) is 18.1. The van der Waals surface area contributed by atoms with Gasteiger partial charge in [-0.2, -0.15) is 0 Å². The maximum absolute atomic E-state index is 13.2. The van der Waals surface area contributed by atoms with Crippen molar-refractivity contribution in [1.82, 2.24) is 9.55 Å². The Labute approximate surface area is 155 Å². The number of rotatable bonds is 6. The molecule has 26 heavy (non-hydrogen) atoms. The number of methoxy groups -OCH3 is 1. The van der Waals surface area contributed by atoms with Crippen molar-refractivity contribution in [3.05, 3.63) is 45.3 Å². The minimum absolute atomic E-state index is 0.104. The van der Waals surface area contributed by atoms with Crippen molar-refractivity contribution in [3.63, 3.8) is 0 Å². The van der Waals surface area contributed by atoms with E-state index in [2.05, 4.69) is 4.98 Å². The molecule has 6 nitrogen and oxygen atoms in total. The van der Waals surface area contributed by atoms with Gasteiger partial charge in [0.2, 0.25) is 5.91 Å². The molecular weight excluding hydrogens is 350 g/mol. The van der Waals surface area contributed by atoms with Gasteiger partial charge >= 0.3 is 0 Å². The van der Waals surface area contributed by atoms with Crippen molar-refractivity contribution in [2.45, 2.75) is 33.2 Å². The first-order chi connectivity index (χ1) is 12.5. The number of carbonyl (C=O) groups is 1. The average molecular weight is 371 g/mol. The topological polar surface area (TPSA) is 87.2 Å². The summed E-state index contributed by atoms with van der Waals surface area (Å²) in [6.45, 7) is 4.17. The summed E-state index contributed by atoms with van der Waals surface area (Å²) in [5, 5.41) is 2.49. The monoisotopic (exact) mass is 371 g/mol. The Morgan fingerprint density at radius 1 is 1.35 bits per heavy atom. The third-order valence-electron chi connectivity index (χ3n) is 4.32. The Kier molecular flexibility index (Phi) is 5.08. The SMILES string of the molecule is CCc1nc2scc(-c3cc(C)ccc3OC)c2c(=O)n1CCC(N)=O. The van der Waals surface area contributed by atoms with E-state index in [9.17, 15) is 9.59 Å². The molecule has 136 valence electrons. The number of aromatic nitrogens is 2. The Morgan fingerprint density at radius 2 is 2.12 bits per heavy atom. The van der Waals surface area contributed by atoms with Gasteiger partial charge in [0, 0.05) is 35.9 Å². The third kappa shape index (κ3) is 3.22. The van der Waals surface area contributed by atoms with Crippen LogP contribution in [0.25, 0.3) is 21.3 Å². The van der Waals surface area contributed by atoms with Crippen LogP contribution in [0, 0.1) is 6.92 Å². The molecule has 2 aromatic heterocycles. The number of carbonyl (C=O) groups excluding carboxylic acids is 1. The first-order valence-corrected chi connectivity index (χ1v) is 9.28. The zero-order chi connectivity index (χ0) is 18.8. The van der Waals surface area contributed by atoms with E-state index in [0.29, 0.717) is 28.2 Å². The fourth-order valence-electron chi connectivity index (χ4n) is 3.02. The molecule has 0 atom stereocenters. The van der Waals surface area contributed by atoms with Crippen LogP contribution in [0.4, 0.5) is 0 Å². The Bertz CT molecular complexity index is 1040. The van der Waals surface area contributed by atoms with Crippen LogP contribution in [0.15, 0.2) is 28.4 Å². The van der Waals surface area contributed by atoms with E-state index in [1.807, 2.05) is 37.4 Å². The molecule has 0 aliphatic rings. The second-order valence-corrected chi connectivity index (χ2v) is 6.95. The van der Waals surface area contributed by atoms with Gasteiger partial charge < -0.3 is 10.5 Å². The Morgan fingerprint density at radius 3 is 2.77 bits per heavy atom. The molecule has 0 saturated heterocycles. The number of thiophene rings is 1. The van der Waals surface area contributed by atoms with E-state index >= 15 is 0 Å². The zero-order valence-corrected chi connectivity index (χ0v) is 15.9. The number of hydrogen-bond donors (Lipinski definition) is 1. The smallest absolute Gasteiger partial charge is 0.262 e. The molecule has 7 heteroatoms. The molecule has 0 aliphatic carbocycles. The summed E-state index contributed by atoms with van der Waals surface area (Å²) in [7, 11) is 1.61. The van der Waals surface area contributed by atoms with E-state index in [1.54, 1.807) is 11.7 Å². The maximum Gasteiger partial charge on any atom is 0.262 e. The number of nitrogens with two attached hydrogens (primary N) is 1. The second-order valence-electron chi connectivity index (χ2n) is 6.09. The van der Waals surface area contributed by atoms with Crippen molar-refractivity contribution >= 4 is 27.5 Å². The number of fused-ring (bicyclic) bond motifs is 1. The molecular formula is C19H21N3O3S. The fraction of sp³-hybridized carbons (Fsp3) is 0.316. The summed E-state index contributed by atoms with van der Waals surface area (Å²) in [5.74, 6) is 0.927. The van der Waals surface area contributed by atoms with Crippen LogP contribution in [0.5, 0.6) is 5.75 Å². The maximum atomic E-state index is 13.2. The van der Waals surface area contributed by atoms with Gasteiger partial charge in [0.05, 0.1) is 12.5 Å². The van der Waals surface area contributed by atoms with E-state index in [-0.39, 0.29) is 18.5 Å². The van der Waals surface area contributed by atoms with Crippen LogP contribution in [0.1, 0.15) is 24.7 Å². The number of benzene rings is 1. The highest BCUT2D eigenvalue weighted by atomic mass is 32.1. The molecule has 0 saturated carbocycles. The number of ether oxygens (including phenoxy) is 1. The number of hydrogen-bond acceptors (Lipinski definition) is 5. The van der Waals surface area contributed by atoms with Crippen molar-refractivity contribution in [2.24, 2.45) is 5.73 Å². The van der Waals surface area contributed by atoms with Crippen LogP contribution >= 0.6 is 11.3 Å². The van der Waals surface area contributed by atoms with Gasteiger partial charge in [0.15, 0.2) is 0 Å². The van der Waals surface area contributed by atoms with Gasteiger partial charge in [-0.1, -0.05) is 18.6 Å². The third-order valence-corrected chi connectivity index (χ3v) is 5.19. The Balaban J connectivity index is 2.27. The van der Waals surface area contributed by atoms with Crippen molar-refractivity contribution in [1.29, 1.82) is 0 Å². The average Bonchev–Trinajstić information content (AvgIpc) is 3.04. The number of primary amides is 1. The lowest BCUT2D eigenvalue weighted by atomic mass is 10.0. The molecule has 1 aromatic carbocycles. The fourth-order valence-corrected chi connectivity index (χ4v) is 3.97. The molecule has 0 fully saturated rings. The number of amides is 1. The number of nitrogens with zero attached hydrogens (tertiary/aromatic N) is 2. The standard InChI is InChI=1S/C19H21N3O3S/c1-4-16-21-18-17(19(24)22(16)8-7-15(20)23)13(10-26-18)12-9-11(2)5-6-14(12)25-3/h5-6,9-10H,4,7-8H2,1-3H3,(H2,20,23). The highest BCUT2D eigenvalue weighted by Crippen LogP contribution is 2.37. The minimum atomic E-state index is -0.440. The molecule has 1 amide bonds. The van der Waals surface area contributed by atoms with E-state index < -0.39 is 5.91 Å². The van der Waals surface area contributed by atoms with Crippen LogP contribution < -0.4 is 16.0 Å². The van der Waals surface area contributed by atoms with Gasteiger partial charge in [-0.3, -0.25) is 14.2 Å². The zero-order valence-electron chi connectivity index (χ0n) is 15.0. The molecule has 2 N–H and O–H groups in total. The molecule has 0 unspecified atom stereocenters. The predicted octanol–water partition coefficient (Wildman–Crippen LogP) is 2.88.